The average molecular weight is 299 g/mol. The van der Waals surface area contributed by atoms with E-state index in [1.54, 1.807) is 6.07 Å². The van der Waals surface area contributed by atoms with Gasteiger partial charge in [-0.1, -0.05) is 23.2 Å². The second-order valence-corrected chi connectivity index (χ2v) is 5.27. The van der Waals surface area contributed by atoms with Crippen LogP contribution in [0.5, 0.6) is 0 Å². The van der Waals surface area contributed by atoms with Crippen molar-refractivity contribution in [2.45, 2.75) is 0 Å². The van der Waals surface area contributed by atoms with Gasteiger partial charge >= 0.3 is 0 Å². The van der Waals surface area contributed by atoms with E-state index in [1.165, 1.54) is 23.5 Å². The zero-order valence-electron chi connectivity index (χ0n) is 8.82. The van der Waals surface area contributed by atoms with Crippen molar-refractivity contribution >= 4 is 44.8 Å². The molecular formula is C12H5Cl2FN2S. The standard InChI is InChI=1S/C12H5Cl2FN2S/c13-8-2-1-6(5-9(8)15)11-16-10(14)7-3-4-18-12(7)17-11/h1-5H. The number of halogens is 3. The fraction of sp³-hybridized carbons (Fsp3) is 0. The first-order chi connectivity index (χ1) is 8.65. The van der Waals surface area contributed by atoms with E-state index in [0.717, 1.165) is 10.2 Å². The maximum atomic E-state index is 13.4. The van der Waals surface area contributed by atoms with Crippen molar-refractivity contribution in [3.05, 3.63) is 45.6 Å². The lowest BCUT2D eigenvalue weighted by molar-refractivity contribution is 0.628. The first-order valence-corrected chi connectivity index (χ1v) is 6.65. The van der Waals surface area contributed by atoms with Gasteiger partial charge in [0.25, 0.3) is 0 Å². The predicted octanol–water partition coefficient (Wildman–Crippen LogP) is 4.80. The van der Waals surface area contributed by atoms with Gasteiger partial charge < -0.3 is 0 Å². The Kier molecular flexibility index (Phi) is 2.93. The van der Waals surface area contributed by atoms with Gasteiger partial charge in [0.15, 0.2) is 5.82 Å². The number of nitrogens with zero attached hydrogens (tertiary/aromatic N) is 2. The molecule has 0 bridgehead atoms. The highest BCUT2D eigenvalue weighted by molar-refractivity contribution is 7.16. The summed E-state index contributed by atoms with van der Waals surface area (Å²) in [6.45, 7) is 0. The molecule has 0 radical (unpaired) electrons. The molecule has 90 valence electrons. The van der Waals surface area contributed by atoms with Crippen molar-refractivity contribution in [3.8, 4) is 11.4 Å². The van der Waals surface area contributed by atoms with Crippen molar-refractivity contribution in [2.24, 2.45) is 0 Å². The van der Waals surface area contributed by atoms with Gasteiger partial charge in [0.1, 0.15) is 15.8 Å². The second kappa shape index (κ2) is 4.46. The molecule has 0 saturated heterocycles. The molecular weight excluding hydrogens is 294 g/mol. The summed E-state index contributed by atoms with van der Waals surface area (Å²) in [5.74, 6) is -0.106. The fourth-order valence-corrected chi connectivity index (χ4v) is 2.75. The summed E-state index contributed by atoms with van der Waals surface area (Å²) in [6.07, 6.45) is 0. The Labute approximate surface area is 116 Å². The molecule has 0 N–H and O–H groups in total. The van der Waals surface area contributed by atoms with Crippen molar-refractivity contribution in [3.63, 3.8) is 0 Å². The van der Waals surface area contributed by atoms with Crippen LogP contribution in [0.15, 0.2) is 29.6 Å². The number of thiophene rings is 1. The second-order valence-electron chi connectivity index (χ2n) is 3.61. The van der Waals surface area contributed by atoms with Gasteiger partial charge in [-0.25, -0.2) is 14.4 Å². The number of hydrogen-bond acceptors (Lipinski definition) is 3. The van der Waals surface area contributed by atoms with Gasteiger partial charge in [-0.05, 0) is 29.6 Å². The Hall–Kier alpha value is -1.23. The van der Waals surface area contributed by atoms with Crippen LogP contribution in [0, 0.1) is 5.82 Å². The zero-order valence-corrected chi connectivity index (χ0v) is 11.2. The number of hydrogen-bond donors (Lipinski definition) is 0. The normalized spacial score (nSPS) is 11.1. The molecule has 2 heterocycles. The lowest BCUT2D eigenvalue weighted by Gasteiger charge is -2.02. The topological polar surface area (TPSA) is 25.8 Å². The van der Waals surface area contributed by atoms with Gasteiger partial charge in [-0.15, -0.1) is 11.3 Å². The van der Waals surface area contributed by atoms with Crippen molar-refractivity contribution in [1.82, 2.24) is 9.97 Å². The molecule has 6 heteroatoms. The average Bonchev–Trinajstić information content (AvgIpc) is 2.81. The minimum atomic E-state index is -0.500. The molecule has 0 saturated carbocycles. The first kappa shape index (κ1) is 11.8. The Morgan fingerprint density at radius 3 is 2.72 bits per heavy atom. The first-order valence-electron chi connectivity index (χ1n) is 5.01. The van der Waals surface area contributed by atoms with Crippen molar-refractivity contribution in [1.29, 1.82) is 0 Å². The molecule has 0 spiro atoms. The van der Waals surface area contributed by atoms with Gasteiger partial charge in [0.2, 0.25) is 0 Å². The summed E-state index contributed by atoms with van der Waals surface area (Å²) < 4.78 is 13.4. The molecule has 3 aromatic rings. The summed E-state index contributed by atoms with van der Waals surface area (Å²) in [6, 6.07) is 6.29. The van der Waals surface area contributed by atoms with Gasteiger partial charge in [-0.2, -0.15) is 0 Å². The maximum Gasteiger partial charge on any atom is 0.162 e. The largest absolute Gasteiger partial charge is 0.217 e. The molecule has 1 aromatic carbocycles. The van der Waals surface area contributed by atoms with Crippen molar-refractivity contribution in [2.75, 3.05) is 0 Å². The van der Waals surface area contributed by atoms with Crippen LogP contribution in [-0.2, 0) is 0 Å². The predicted molar refractivity (Wildman–Crippen MR) is 72.8 cm³/mol. The highest BCUT2D eigenvalue weighted by Crippen LogP contribution is 2.29. The smallest absolute Gasteiger partial charge is 0.162 e. The third-order valence-electron chi connectivity index (χ3n) is 2.46. The molecule has 0 fully saturated rings. The van der Waals surface area contributed by atoms with E-state index in [9.17, 15) is 4.39 Å². The maximum absolute atomic E-state index is 13.4. The van der Waals surface area contributed by atoms with Crippen LogP contribution in [0.25, 0.3) is 21.6 Å². The highest BCUT2D eigenvalue weighted by atomic mass is 35.5. The highest BCUT2D eigenvalue weighted by Gasteiger charge is 2.10. The molecule has 3 rings (SSSR count). The third kappa shape index (κ3) is 1.96. The Bertz CT molecular complexity index is 742. The molecule has 0 amide bonds. The van der Waals surface area contributed by atoms with E-state index < -0.39 is 5.82 Å². The zero-order chi connectivity index (χ0) is 12.7. The van der Waals surface area contributed by atoms with Crippen LogP contribution in [0.3, 0.4) is 0 Å². The monoisotopic (exact) mass is 298 g/mol. The van der Waals surface area contributed by atoms with Crippen molar-refractivity contribution < 1.29 is 4.39 Å². The fourth-order valence-electron chi connectivity index (χ4n) is 1.58. The minimum Gasteiger partial charge on any atom is -0.217 e. The summed E-state index contributed by atoms with van der Waals surface area (Å²) in [4.78, 5) is 9.29. The van der Waals surface area contributed by atoms with E-state index in [2.05, 4.69) is 9.97 Å². The van der Waals surface area contributed by atoms with Crippen LogP contribution in [0.4, 0.5) is 4.39 Å². The van der Waals surface area contributed by atoms with Gasteiger partial charge in [0, 0.05) is 10.9 Å². The number of fused-ring (bicyclic) bond motifs is 1. The van der Waals surface area contributed by atoms with Crippen LogP contribution >= 0.6 is 34.5 Å². The summed E-state index contributed by atoms with van der Waals surface area (Å²) in [5.41, 5.74) is 0.550. The number of benzene rings is 1. The molecule has 0 aliphatic carbocycles. The lowest BCUT2D eigenvalue weighted by atomic mass is 10.2. The molecule has 0 aliphatic rings. The van der Waals surface area contributed by atoms with Crippen LogP contribution < -0.4 is 0 Å². The Morgan fingerprint density at radius 1 is 1.11 bits per heavy atom. The van der Waals surface area contributed by atoms with Crippen LogP contribution in [0.1, 0.15) is 0 Å². The number of rotatable bonds is 1. The summed E-state index contributed by atoms with van der Waals surface area (Å²) in [5, 5.41) is 3.13. The molecule has 2 nitrogen and oxygen atoms in total. The molecule has 0 atom stereocenters. The summed E-state index contributed by atoms with van der Waals surface area (Å²) in [7, 11) is 0. The Balaban J connectivity index is 2.21. The molecule has 2 aromatic heterocycles. The van der Waals surface area contributed by atoms with E-state index in [0.29, 0.717) is 16.5 Å². The minimum absolute atomic E-state index is 0.0713. The quantitative estimate of drug-likeness (QED) is 0.603. The van der Waals surface area contributed by atoms with E-state index in [4.69, 9.17) is 23.2 Å². The molecule has 0 aliphatic heterocycles. The van der Waals surface area contributed by atoms with Crippen LogP contribution in [0.2, 0.25) is 10.2 Å². The Morgan fingerprint density at radius 2 is 1.94 bits per heavy atom. The lowest BCUT2D eigenvalue weighted by Crippen LogP contribution is -1.90. The van der Waals surface area contributed by atoms with Gasteiger partial charge in [-0.3, -0.25) is 0 Å². The van der Waals surface area contributed by atoms with E-state index in [-0.39, 0.29) is 5.02 Å². The molecule has 18 heavy (non-hydrogen) atoms. The van der Waals surface area contributed by atoms with Crippen LogP contribution in [-0.4, -0.2) is 9.97 Å². The van der Waals surface area contributed by atoms with E-state index in [1.807, 2.05) is 11.4 Å². The SMILES string of the molecule is Fc1cc(-c2nc(Cl)c3ccsc3n2)ccc1Cl. The van der Waals surface area contributed by atoms with E-state index >= 15 is 0 Å². The molecule has 0 unspecified atom stereocenters. The van der Waals surface area contributed by atoms with Gasteiger partial charge in [0.05, 0.1) is 5.02 Å². The summed E-state index contributed by atoms with van der Waals surface area (Å²) >= 11 is 13.2. The number of aromatic nitrogens is 2. The third-order valence-corrected chi connectivity index (χ3v) is 3.86.